The molecule has 0 spiro atoms. The molecule has 0 aliphatic carbocycles. The first kappa shape index (κ1) is 16.4. The Bertz CT molecular complexity index is 727. The molecular formula is C17H23N3O2S. The van der Waals surface area contributed by atoms with Gasteiger partial charge in [-0.25, -0.2) is 4.98 Å². The minimum Gasteiger partial charge on any atom is -0.381 e. The molecule has 5 nitrogen and oxygen atoms in total. The van der Waals surface area contributed by atoms with Gasteiger partial charge in [0.15, 0.2) is 0 Å². The molecule has 3 rings (SSSR count). The number of thiazole rings is 1. The predicted octanol–water partition coefficient (Wildman–Crippen LogP) is 3.04. The summed E-state index contributed by atoms with van der Waals surface area (Å²) < 4.78 is 6.37. The Balaban J connectivity index is 1.82. The molecule has 0 radical (unpaired) electrons. The van der Waals surface area contributed by atoms with Gasteiger partial charge in [-0.3, -0.25) is 4.79 Å². The van der Waals surface area contributed by atoms with Crippen LogP contribution in [0.25, 0.3) is 10.2 Å². The molecular weight excluding hydrogens is 310 g/mol. The van der Waals surface area contributed by atoms with Crippen molar-refractivity contribution in [1.82, 2.24) is 4.98 Å². The van der Waals surface area contributed by atoms with E-state index in [1.54, 1.807) is 11.3 Å². The standard InChI is InChI=1S/C17H23N3O2S/c1-16(2,3)15-20-12-5-4-11(10-13(12)23-15)19-14(21)17(18)6-8-22-9-7-17/h4-5,10H,6-9,18H2,1-3H3,(H,19,21). The number of anilines is 1. The smallest absolute Gasteiger partial charge is 0.244 e. The molecule has 0 unspecified atom stereocenters. The van der Waals surface area contributed by atoms with Gasteiger partial charge in [0, 0.05) is 24.3 Å². The number of nitrogens with one attached hydrogen (secondary N) is 1. The number of amides is 1. The first-order valence-electron chi connectivity index (χ1n) is 7.87. The molecule has 6 heteroatoms. The fourth-order valence-corrected chi connectivity index (χ4v) is 3.60. The molecule has 0 saturated carbocycles. The number of ether oxygens (including phenoxy) is 1. The van der Waals surface area contributed by atoms with Crippen molar-refractivity contribution in [1.29, 1.82) is 0 Å². The zero-order chi connectivity index (χ0) is 16.7. The summed E-state index contributed by atoms with van der Waals surface area (Å²) in [6, 6.07) is 5.81. The molecule has 23 heavy (non-hydrogen) atoms. The molecule has 2 heterocycles. The van der Waals surface area contributed by atoms with Gasteiger partial charge in [-0.05, 0) is 31.0 Å². The molecule has 3 N–H and O–H groups in total. The van der Waals surface area contributed by atoms with Gasteiger partial charge >= 0.3 is 0 Å². The summed E-state index contributed by atoms with van der Waals surface area (Å²) in [7, 11) is 0. The van der Waals surface area contributed by atoms with E-state index in [4.69, 9.17) is 10.5 Å². The molecule has 1 aliphatic rings. The molecule has 0 atom stereocenters. The van der Waals surface area contributed by atoms with Crippen LogP contribution < -0.4 is 11.1 Å². The number of rotatable bonds is 2. The van der Waals surface area contributed by atoms with Crippen LogP contribution in [0.15, 0.2) is 18.2 Å². The van der Waals surface area contributed by atoms with E-state index in [1.165, 1.54) is 0 Å². The molecule has 0 bridgehead atoms. The van der Waals surface area contributed by atoms with Crippen LogP contribution in [0, 0.1) is 0 Å². The van der Waals surface area contributed by atoms with Gasteiger partial charge in [-0.15, -0.1) is 11.3 Å². The molecule has 2 aromatic rings. The lowest BCUT2D eigenvalue weighted by Gasteiger charge is -2.31. The number of carbonyl (C=O) groups excluding carboxylic acids is 1. The zero-order valence-electron chi connectivity index (χ0n) is 13.8. The number of benzene rings is 1. The molecule has 1 amide bonds. The number of aromatic nitrogens is 1. The number of nitrogens with zero attached hydrogens (tertiary/aromatic N) is 1. The van der Waals surface area contributed by atoms with Crippen molar-refractivity contribution >= 4 is 33.1 Å². The van der Waals surface area contributed by atoms with Crippen molar-refractivity contribution in [3.05, 3.63) is 23.2 Å². The van der Waals surface area contributed by atoms with Gasteiger partial charge in [-0.1, -0.05) is 20.8 Å². The van der Waals surface area contributed by atoms with E-state index in [9.17, 15) is 4.79 Å². The van der Waals surface area contributed by atoms with Crippen molar-refractivity contribution in [2.24, 2.45) is 5.73 Å². The van der Waals surface area contributed by atoms with Crippen LogP contribution in [0.2, 0.25) is 0 Å². The largest absolute Gasteiger partial charge is 0.381 e. The van der Waals surface area contributed by atoms with Crippen molar-refractivity contribution in [2.45, 2.75) is 44.6 Å². The second-order valence-electron chi connectivity index (χ2n) is 7.17. The quantitative estimate of drug-likeness (QED) is 0.885. The third kappa shape index (κ3) is 3.39. The average molecular weight is 333 g/mol. The second kappa shape index (κ2) is 5.85. The van der Waals surface area contributed by atoms with Crippen molar-refractivity contribution in [3.8, 4) is 0 Å². The minimum absolute atomic E-state index is 0.0243. The highest BCUT2D eigenvalue weighted by Crippen LogP contribution is 2.32. The van der Waals surface area contributed by atoms with E-state index in [-0.39, 0.29) is 11.3 Å². The molecule has 124 valence electrons. The fourth-order valence-electron chi connectivity index (χ4n) is 2.54. The summed E-state index contributed by atoms with van der Waals surface area (Å²) in [6.45, 7) is 7.52. The first-order chi connectivity index (χ1) is 10.8. The maximum atomic E-state index is 12.5. The van der Waals surface area contributed by atoms with E-state index in [2.05, 4.69) is 31.1 Å². The fraction of sp³-hybridized carbons (Fsp3) is 0.529. The Morgan fingerprint density at radius 1 is 1.35 bits per heavy atom. The minimum atomic E-state index is -0.836. The summed E-state index contributed by atoms with van der Waals surface area (Å²) in [5, 5.41) is 4.04. The summed E-state index contributed by atoms with van der Waals surface area (Å²) >= 11 is 1.67. The third-order valence-corrected chi connectivity index (χ3v) is 5.57. The van der Waals surface area contributed by atoms with Crippen LogP contribution in [-0.2, 0) is 14.9 Å². The topological polar surface area (TPSA) is 77.2 Å². The second-order valence-corrected chi connectivity index (χ2v) is 8.20. The Labute approximate surface area is 140 Å². The number of fused-ring (bicyclic) bond motifs is 1. The number of nitrogens with two attached hydrogens (primary N) is 1. The van der Waals surface area contributed by atoms with Crippen molar-refractivity contribution < 1.29 is 9.53 Å². The number of hydrogen-bond acceptors (Lipinski definition) is 5. The van der Waals surface area contributed by atoms with E-state index >= 15 is 0 Å². The molecule has 1 aromatic carbocycles. The van der Waals surface area contributed by atoms with E-state index in [1.807, 2.05) is 18.2 Å². The highest BCUT2D eigenvalue weighted by atomic mass is 32.1. The maximum Gasteiger partial charge on any atom is 0.244 e. The van der Waals surface area contributed by atoms with Crippen molar-refractivity contribution in [3.63, 3.8) is 0 Å². The van der Waals surface area contributed by atoms with E-state index in [0.29, 0.717) is 26.1 Å². The summed E-state index contributed by atoms with van der Waals surface area (Å²) in [4.78, 5) is 17.2. The lowest BCUT2D eigenvalue weighted by atomic mass is 9.90. The molecule has 1 aliphatic heterocycles. The van der Waals surface area contributed by atoms with Gasteiger partial charge < -0.3 is 15.8 Å². The summed E-state index contributed by atoms with van der Waals surface area (Å²) in [5.74, 6) is -0.138. The molecule has 1 aromatic heterocycles. The van der Waals surface area contributed by atoms with E-state index in [0.717, 1.165) is 20.9 Å². The normalized spacial score (nSPS) is 18.1. The maximum absolute atomic E-state index is 12.5. The Morgan fingerprint density at radius 2 is 2.04 bits per heavy atom. The SMILES string of the molecule is CC(C)(C)c1nc2ccc(NC(=O)C3(N)CCOCC3)cc2s1. The van der Waals surface area contributed by atoms with Crippen molar-refractivity contribution in [2.75, 3.05) is 18.5 Å². The highest BCUT2D eigenvalue weighted by molar-refractivity contribution is 7.18. The van der Waals surface area contributed by atoms with Crippen LogP contribution in [0.4, 0.5) is 5.69 Å². The lowest BCUT2D eigenvalue weighted by Crippen LogP contribution is -2.54. The number of hydrogen-bond donors (Lipinski definition) is 2. The average Bonchev–Trinajstić information content (AvgIpc) is 2.91. The predicted molar refractivity (Wildman–Crippen MR) is 93.9 cm³/mol. The molecule has 1 saturated heterocycles. The van der Waals surface area contributed by atoms with Gasteiger partial charge in [0.2, 0.25) is 5.91 Å². The Hall–Kier alpha value is -1.50. The Morgan fingerprint density at radius 3 is 2.70 bits per heavy atom. The summed E-state index contributed by atoms with van der Waals surface area (Å²) in [5.41, 5.74) is 7.14. The van der Waals surface area contributed by atoms with Crippen LogP contribution in [0.3, 0.4) is 0 Å². The summed E-state index contributed by atoms with van der Waals surface area (Å²) in [6.07, 6.45) is 1.10. The number of carbonyl (C=O) groups is 1. The van der Waals surface area contributed by atoms with Gasteiger partial charge in [0.25, 0.3) is 0 Å². The van der Waals surface area contributed by atoms with Crippen LogP contribution in [0.5, 0.6) is 0 Å². The zero-order valence-corrected chi connectivity index (χ0v) is 14.6. The van der Waals surface area contributed by atoms with Gasteiger partial charge in [-0.2, -0.15) is 0 Å². The first-order valence-corrected chi connectivity index (χ1v) is 8.69. The Kier molecular flexibility index (Phi) is 4.16. The van der Waals surface area contributed by atoms with Crippen LogP contribution in [-0.4, -0.2) is 29.6 Å². The van der Waals surface area contributed by atoms with Crippen LogP contribution >= 0.6 is 11.3 Å². The molecule has 1 fully saturated rings. The van der Waals surface area contributed by atoms with E-state index < -0.39 is 5.54 Å². The third-order valence-electron chi connectivity index (χ3n) is 4.13. The van der Waals surface area contributed by atoms with Gasteiger partial charge in [0.05, 0.1) is 15.2 Å². The van der Waals surface area contributed by atoms with Gasteiger partial charge in [0.1, 0.15) is 5.54 Å². The monoisotopic (exact) mass is 333 g/mol. The lowest BCUT2D eigenvalue weighted by molar-refractivity contribution is -0.124. The van der Waals surface area contributed by atoms with Crippen LogP contribution in [0.1, 0.15) is 38.6 Å². The highest BCUT2D eigenvalue weighted by Gasteiger charge is 2.36.